The van der Waals surface area contributed by atoms with Gasteiger partial charge in [0, 0.05) is 30.1 Å². The second-order valence-electron chi connectivity index (χ2n) is 4.90. The highest BCUT2D eigenvalue weighted by Crippen LogP contribution is 2.29. The largest absolute Gasteiger partial charge is 0.368 e. The van der Waals surface area contributed by atoms with Gasteiger partial charge in [-0.15, -0.1) is 10.2 Å². The number of nitrogens with zero attached hydrogens (tertiary/aromatic N) is 4. The zero-order chi connectivity index (χ0) is 14.7. The summed E-state index contributed by atoms with van der Waals surface area (Å²) in [5, 5.41) is 18.7. The second-order valence-corrected chi connectivity index (χ2v) is 4.90. The number of hydrogen-bond acceptors (Lipinski definition) is 4. The van der Waals surface area contributed by atoms with Gasteiger partial charge < -0.3 is 5.32 Å². The van der Waals surface area contributed by atoms with Crippen molar-refractivity contribution in [3.05, 3.63) is 36.5 Å². The maximum absolute atomic E-state index is 4.44. The van der Waals surface area contributed by atoms with E-state index in [2.05, 4.69) is 46.6 Å². The maximum Gasteiger partial charge on any atom is 0.156 e. The lowest BCUT2D eigenvalue weighted by atomic mass is 10.1. The Balaban J connectivity index is 2.17. The van der Waals surface area contributed by atoms with Crippen molar-refractivity contribution in [2.24, 2.45) is 0 Å². The third kappa shape index (κ3) is 2.46. The van der Waals surface area contributed by atoms with Crippen molar-refractivity contribution in [1.29, 1.82) is 0 Å². The van der Waals surface area contributed by atoms with Crippen LogP contribution in [0.25, 0.3) is 22.2 Å². The summed E-state index contributed by atoms with van der Waals surface area (Å²) < 4.78 is 1.94. The Bertz CT molecular complexity index is 747. The molecule has 0 atom stereocenters. The average molecular weight is 281 g/mol. The van der Waals surface area contributed by atoms with E-state index >= 15 is 0 Å². The summed E-state index contributed by atoms with van der Waals surface area (Å²) >= 11 is 0. The minimum absolute atomic E-state index is 0.814. The van der Waals surface area contributed by atoms with E-state index in [1.54, 1.807) is 6.20 Å². The van der Waals surface area contributed by atoms with Gasteiger partial charge in [-0.3, -0.25) is 4.68 Å². The number of fused-ring (bicyclic) bond motifs is 1. The fourth-order valence-corrected chi connectivity index (χ4v) is 2.45. The molecule has 0 fully saturated rings. The molecule has 5 heteroatoms. The minimum atomic E-state index is 0.814. The summed E-state index contributed by atoms with van der Waals surface area (Å²) in [7, 11) is 0. The summed E-state index contributed by atoms with van der Waals surface area (Å²) in [6.45, 7) is 5.92. The van der Waals surface area contributed by atoms with Crippen molar-refractivity contribution in [2.75, 3.05) is 11.9 Å². The molecule has 0 bridgehead atoms. The van der Waals surface area contributed by atoms with Crippen molar-refractivity contribution in [2.45, 2.75) is 26.8 Å². The van der Waals surface area contributed by atoms with Crippen LogP contribution >= 0.6 is 0 Å². The lowest BCUT2D eigenvalue weighted by Crippen LogP contribution is -2.06. The Hall–Kier alpha value is -2.43. The Kier molecular flexibility index (Phi) is 3.81. The molecule has 0 radical (unpaired) electrons. The molecule has 3 rings (SSSR count). The summed E-state index contributed by atoms with van der Waals surface area (Å²) in [4.78, 5) is 0. The molecule has 3 aromatic rings. The van der Waals surface area contributed by atoms with Crippen LogP contribution in [-0.2, 0) is 6.54 Å². The first kappa shape index (κ1) is 13.5. The molecule has 1 aromatic carbocycles. The molecule has 0 saturated carbocycles. The Morgan fingerprint density at radius 2 is 1.86 bits per heavy atom. The lowest BCUT2D eigenvalue weighted by molar-refractivity contribution is 0.665. The van der Waals surface area contributed by atoms with Crippen LogP contribution in [0.3, 0.4) is 0 Å². The lowest BCUT2D eigenvalue weighted by Gasteiger charge is -2.11. The van der Waals surface area contributed by atoms with Crippen LogP contribution in [0.15, 0.2) is 36.5 Å². The van der Waals surface area contributed by atoms with Gasteiger partial charge in [-0.05, 0) is 19.4 Å². The van der Waals surface area contributed by atoms with Gasteiger partial charge in [0.25, 0.3) is 0 Å². The molecule has 5 nitrogen and oxygen atoms in total. The normalized spacial score (nSPS) is 11.0. The van der Waals surface area contributed by atoms with Gasteiger partial charge in [0.15, 0.2) is 5.82 Å². The summed E-state index contributed by atoms with van der Waals surface area (Å²) in [6.07, 6.45) is 2.86. The van der Waals surface area contributed by atoms with E-state index in [-0.39, 0.29) is 0 Å². The summed E-state index contributed by atoms with van der Waals surface area (Å²) in [6, 6.07) is 10.2. The maximum atomic E-state index is 4.44. The number of rotatable bonds is 5. The van der Waals surface area contributed by atoms with Gasteiger partial charge in [0.2, 0.25) is 0 Å². The summed E-state index contributed by atoms with van der Waals surface area (Å²) in [5.41, 5.74) is 1.88. The SMILES string of the molecule is CCCNc1nnc(-c2ccnn2CC)c2ccccc12. The fraction of sp³-hybridized carbons (Fsp3) is 0.312. The molecule has 2 heterocycles. The number of aromatic nitrogens is 4. The molecular weight excluding hydrogens is 262 g/mol. The van der Waals surface area contributed by atoms with Crippen LogP contribution in [0.5, 0.6) is 0 Å². The molecule has 0 spiro atoms. The van der Waals surface area contributed by atoms with E-state index in [0.717, 1.165) is 47.5 Å². The topological polar surface area (TPSA) is 55.6 Å². The number of anilines is 1. The van der Waals surface area contributed by atoms with Crippen LogP contribution < -0.4 is 5.32 Å². The van der Waals surface area contributed by atoms with Crippen molar-refractivity contribution in [3.8, 4) is 11.4 Å². The monoisotopic (exact) mass is 281 g/mol. The van der Waals surface area contributed by atoms with Crippen molar-refractivity contribution < 1.29 is 0 Å². The van der Waals surface area contributed by atoms with E-state index in [1.807, 2.05) is 22.9 Å². The zero-order valence-corrected chi connectivity index (χ0v) is 12.4. The van der Waals surface area contributed by atoms with Gasteiger partial charge in [0.1, 0.15) is 5.69 Å². The van der Waals surface area contributed by atoms with Gasteiger partial charge in [-0.25, -0.2) is 0 Å². The molecule has 0 aliphatic rings. The second kappa shape index (κ2) is 5.91. The molecule has 21 heavy (non-hydrogen) atoms. The Labute approximate surface area is 124 Å². The van der Waals surface area contributed by atoms with Crippen molar-refractivity contribution in [3.63, 3.8) is 0 Å². The number of nitrogens with one attached hydrogen (secondary N) is 1. The number of aryl methyl sites for hydroxylation is 1. The minimum Gasteiger partial charge on any atom is -0.368 e. The molecule has 108 valence electrons. The zero-order valence-electron chi connectivity index (χ0n) is 12.4. The van der Waals surface area contributed by atoms with E-state index in [4.69, 9.17) is 0 Å². The van der Waals surface area contributed by atoms with Crippen molar-refractivity contribution in [1.82, 2.24) is 20.0 Å². The highest BCUT2D eigenvalue weighted by atomic mass is 15.3. The Morgan fingerprint density at radius 1 is 1.05 bits per heavy atom. The van der Waals surface area contributed by atoms with Crippen LogP contribution in [0.2, 0.25) is 0 Å². The molecule has 2 aromatic heterocycles. The quantitative estimate of drug-likeness (QED) is 0.779. The van der Waals surface area contributed by atoms with E-state index in [1.165, 1.54) is 0 Å². The average Bonchev–Trinajstić information content (AvgIpc) is 3.01. The van der Waals surface area contributed by atoms with Gasteiger partial charge in [0.05, 0.1) is 5.69 Å². The standard InChI is InChI=1S/C16H19N5/c1-3-10-17-16-13-8-6-5-7-12(13)15(19-20-16)14-9-11-18-21(14)4-2/h5-9,11H,3-4,10H2,1-2H3,(H,17,20). The van der Waals surface area contributed by atoms with Crippen molar-refractivity contribution >= 4 is 16.6 Å². The van der Waals surface area contributed by atoms with E-state index in [0.29, 0.717) is 0 Å². The third-order valence-corrected chi connectivity index (χ3v) is 3.49. The van der Waals surface area contributed by atoms with Crippen LogP contribution in [0.4, 0.5) is 5.82 Å². The van der Waals surface area contributed by atoms with Crippen LogP contribution in [0.1, 0.15) is 20.3 Å². The Morgan fingerprint density at radius 3 is 2.62 bits per heavy atom. The molecule has 0 saturated heterocycles. The molecule has 1 N–H and O–H groups in total. The predicted molar refractivity (Wildman–Crippen MR) is 85.2 cm³/mol. The molecular formula is C16H19N5. The molecule has 0 amide bonds. The number of hydrogen-bond donors (Lipinski definition) is 1. The highest BCUT2D eigenvalue weighted by Gasteiger charge is 2.13. The van der Waals surface area contributed by atoms with Crippen LogP contribution in [-0.4, -0.2) is 26.5 Å². The van der Waals surface area contributed by atoms with Crippen LogP contribution in [0, 0.1) is 0 Å². The first-order chi connectivity index (χ1) is 10.3. The van der Waals surface area contributed by atoms with Gasteiger partial charge in [-0.1, -0.05) is 31.2 Å². The summed E-state index contributed by atoms with van der Waals surface area (Å²) in [5.74, 6) is 0.846. The molecule has 0 aliphatic carbocycles. The number of benzene rings is 1. The van der Waals surface area contributed by atoms with E-state index < -0.39 is 0 Å². The van der Waals surface area contributed by atoms with Gasteiger partial charge >= 0.3 is 0 Å². The molecule has 0 unspecified atom stereocenters. The molecule has 0 aliphatic heterocycles. The highest BCUT2D eigenvalue weighted by molar-refractivity contribution is 5.99. The smallest absolute Gasteiger partial charge is 0.156 e. The fourth-order valence-electron chi connectivity index (χ4n) is 2.45. The first-order valence-corrected chi connectivity index (χ1v) is 7.36. The van der Waals surface area contributed by atoms with E-state index in [9.17, 15) is 0 Å². The third-order valence-electron chi connectivity index (χ3n) is 3.49. The first-order valence-electron chi connectivity index (χ1n) is 7.36. The van der Waals surface area contributed by atoms with Gasteiger partial charge in [-0.2, -0.15) is 5.10 Å². The predicted octanol–water partition coefficient (Wildman–Crippen LogP) is 3.34.